The molecule has 1 saturated carbocycles. The zero-order valence-corrected chi connectivity index (χ0v) is 10.9. The van der Waals surface area contributed by atoms with Crippen LogP contribution in [0.4, 0.5) is 4.39 Å². The second kappa shape index (κ2) is 5.36. The predicted octanol–water partition coefficient (Wildman–Crippen LogP) is 4.31. The Morgan fingerprint density at radius 2 is 2.18 bits per heavy atom. The summed E-state index contributed by atoms with van der Waals surface area (Å²) >= 11 is 5.99. The molecule has 0 aromatic heterocycles. The van der Waals surface area contributed by atoms with Crippen molar-refractivity contribution in [1.29, 1.82) is 0 Å². The smallest absolute Gasteiger partial charge is 0.142 e. The zero-order chi connectivity index (χ0) is 12.4. The molecule has 94 valence electrons. The molecule has 1 aliphatic rings. The Balaban J connectivity index is 2.18. The number of hydrogen-bond acceptors (Lipinski definition) is 1. The van der Waals surface area contributed by atoms with E-state index in [-0.39, 0.29) is 16.9 Å². The topological polar surface area (TPSA) is 26.0 Å². The highest BCUT2D eigenvalue weighted by atomic mass is 35.5. The van der Waals surface area contributed by atoms with Gasteiger partial charge in [0.25, 0.3) is 0 Å². The first-order valence-electron chi connectivity index (χ1n) is 6.29. The van der Waals surface area contributed by atoms with Crippen LogP contribution in [0.1, 0.15) is 44.2 Å². The number of rotatable bonds is 2. The quantitative estimate of drug-likeness (QED) is 0.838. The molecule has 3 unspecified atom stereocenters. The molecule has 0 aliphatic heterocycles. The lowest BCUT2D eigenvalue weighted by Crippen LogP contribution is -2.26. The van der Waals surface area contributed by atoms with E-state index >= 15 is 0 Å². The maximum Gasteiger partial charge on any atom is 0.142 e. The molecule has 2 rings (SSSR count). The van der Waals surface area contributed by atoms with Crippen LogP contribution in [0.2, 0.25) is 5.02 Å². The lowest BCUT2D eigenvalue weighted by atomic mass is 9.77. The summed E-state index contributed by atoms with van der Waals surface area (Å²) in [5.74, 6) is 0.772. The van der Waals surface area contributed by atoms with Crippen LogP contribution in [0, 0.1) is 17.7 Å². The van der Waals surface area contributed by atoms with Crippen molar-refractivity contribution in [1.82, 2.24) is 0 Å². The Kier molecular flexibility index (Phi) is 4.05. The molecular weight excluding hydrogens is 237 g/mol. The molecule has 2 N–H and O–H groups in total. The molecule has 1 aromatic rings. The molecule has 0 heterocycles. The average Bonchev–Trinajstić information content (AvgIpc) is 2.32. The summed E-state index contributed by atoms with van der Waals surface area (Å²) in [6.45, 7) is 2.26. The van der Waals surface area contributed by atoms with E-state index in [0.717, 1.165) is 18.4 Å². The van der Waals surface area contributed by atoms with E-state index in [1.807, 2.05) is 6.07 Å². The van der Waals surface area contributed by atoms with Gasteiger partial charge in [0.15, 0.2) is 0 Å². The summed E-state index contributed by atoms with van der Waals surface area (Å²) in [4.78, 5) is 0. The fraction of sp³-hybridized carbons (Fsp3) is 0.571. The van der Waals surface area contributed by atoms with Crippen LogP contribution in [0.15, 0.2) is 18.2 Å². The van der Waals surface area contributed by atoms with Gasteiger partial charge in [-0.25, -0.2) is 4.39 Å². The van der Waals surface area contributed by atoms with Gasteiger partial charge in [-0.05, 0) is 36.3 Å². The van der Waals surface area contributed by atoms with E-state index in [4.69, 9.17) is 17.3 Å². The highest BCUT2D eigenvalue weighted by Gasteiger charge is 2.27. The minimum Gasteiger partial charge on any atom is -0.324 e. The van der Waals surface area contributed by atoms with Gasteiger partial charge in [-0.2, -0.15) is 0 Å². The molecule has 1 fully saturated rings. The first-order chi connectivity index (χ1) is 8.09. The summed E-state index contributed by atoms with van der Waals surface area (Å²) in [5, 5.41) is 0.193. The van der Waals surface area contributed by atoms with Crippen molar-refractivity contribution in [3.05, 3.63) is 34.6 Å². The second-order valence-corrected chi connectivity index (χ2v) is 5.58. The normalized spacial score (nSPS) is 26.8. The van der Waals surface area contributed by atoms with Gasteiger partial charge in [0.1, 0.15) is 5.82 Å². The highest BCUT2D eigenvalue weighted by molar-refractivity contribution is 6.31. The Labute approximate surface area is 107 Å². The van der Waals surface area contributed by atoms with Crippen molar-refractivity contribution < 1.29 is 4.39 Å². The van der Waals surface area contributed by atoms with Crippen LogP contribution >= 0.6 is 11.6 Å². The molecule has 0 amide bonds. The van der Waals surface area contributed by atoms with E-state index in [9.17, 15) is 4.39 Å². The molecule has 1 aliphatic carbocycles. The zero-order valence-electron chi connectivity index (χ0n) is 10.1. The third-order valence-corrected chi connectivity index (χ3v) is 4.22. The highest BCUT2D eigenvalue weighted by Crippen LogP contribution is 2.38. The minimum absolute atomic E-state index is 0.138. The molecule has 3 heteroatoms. The van der Waals surface area contributed by atoms with Crippen LogP contribution in [-0.2, 0) is 0 Å². The first-order valence-corrected chi connectivity index (χ1v) is 6.67. The largest absolute Gasteiger partial charge is 0.324 e. The number of halogens is 2. The Morgan fingerprint density at radius 3 is 2.88 bits per heavy atom. The standard InChI is InChI=1S/C14H19ClFN/c1-9-4-2-5-10(8-9)14(17)11-6-3-7-12(16)13(11)15/h3,6-7,9-10,14H,2,4-5,8,17H2,1H3. The van der Waals surface area contributed by atoms with Crippen LogP contribution in [0.25, 0.3) is 0 Å². The summed E-state index contributed by atoms with van der Waals surface area (Å²) in [6, 6.07) is 4.76. The van der Waals surface area contributed by atoms with E-state index in [0.29, 0.717) is 11.8 Å². The van der Waals surface area contributed by atoms with Gasteiger partial charge in [0.05, 0.1) is 5.02 Å². The molecule has 0 bridgehead atoms. The second-order valence-electron chi connectivity index (χ2n) is 5.20. The Morgan fingerprint density at radius 1 is 1.41 bits per heavy atom. The van der Waals surface area contributed by atoms with Crippen molar-refractivity contribution in [3.63, 3.8) is 0 Å². The fourth-order valence-corrected chi connectivity index (χ4v) is 3.09. The number of hydrogen-bond donors (Lipinski definition) is 1. The van der Waals surface area contributed by atoms with Crippen molar-refractivity contribution in [2.75, 3.05) is 0 Å². The van der Waals surface area contributed by atoms with Crippen LogP contribution in [0.5, 0.6) is 0 Å². The average molecular weight is 256 g/mol. The van der Waals surface area contributed by atoms with Crippen molar-refractivity contribution >= 4 is 11.6 Å². The summed E-state index contributed by atoms with van der Waals surface area (Å²) in [6.07, 6.45) is 4.74. The van der Waals surface area contributed by atoms with Gasteiger partial charge in [0.2, 0.25) is 0 Å². The molecule has 17 heavy (non-hydrogen) atoms. The maximum atomic E-state index is 13.4. The monoisotopic (exact) mass is 255 g/mol. The fourth-order valence-electron chi connectivity index (χ4n) is 2.84. The third kappa shape index (κ3) is 2.80. The number of benzene rings is 1. The Hall–Kier alpha value is -0.600. The molecule has 0 radical (unpaired) electrons. The summed E-state index contributed by atoms with van der Waals surface area (Å²) in [7, 11) is 0. The van der Waals surface area contributed by atoms with Gasteiger partial charge < -0.3 is 5.73 Å². The maximum absolute atomic E-state index is 13.4. The minimum atomic E-state index is -0.372. The lowest BCUT2D eigenvalue weighted by Gasteiger charge is -2.31. The van der Waals surface area contributed by atoms with Crippen molar-refractivity contribution in [2.45, 2.75) is 38.6 Å². The third-order valence-electron chi connectivity index (χ3n) is 3.83. The van der Waals surface area contributed by atoms with Gasteiger partial charge >= 0.3 is 0 Å². The summed E-state index contributed by atoms with van der Waals surface area (Å²) < 4.78 is 13.4. The summed E-state index contributed by atoms with van der Waals surface area (Å²) in [5.41, 5.74) is 7.01. The van der Waals surface area contributed by atoms with Gasteiger partial charge in [-0.3, -0.25) is 0 Å². The van der Waals surface area contributed by atoms with Gasteiger partial charge in [0, 0.05) is 6.04 Å². The molecule has 0 saturated heterocycles. The van der Waals surface area contributed by atoms with Gasteiger partial charge in [-0.1, -0.05) is 43.5 Å². The Bertz CT molecular complexity index is 394. The molecular formula is C14H19ClFN. The molecule has 1 aromatic carbocycles. The first kappa shape index (κ1) is 12.8. The van der Waals surface area contributed by atoms with E-state index < -0.39 is 0 Å². The van der Waals surface area contributed by atoms with Crippen LogP contribution in [-0.4, -0.2) is 0 Å². The molecule has 1 nitrogen and oxygen atoms in total. The van der Waals surface area contributed by atoms with E-state index in [1.54, 1.807) is 6.07 Å². The molecule has 0 spiro atoms. The molecule has 3 atom stereocenters. The van der Waals surface area contributed by atoms with E-state index in [2.05, 4.69) is 6.92 Å². The predicted molar refractivity (Wildman–Crippen MR) is 69.5 cm³/mol. The van der Waals surface area contributed by atoms with E-state index in [1.165, 1.54) is 18.9 Å². The van der Waals surface area contributed by atoms with Crippen molar-refractivity contribution in [3.8, 4) is 0 Å². The lowest BCUT2D eigenvalue weighted by molar-refractivity contribution is 0.248. The SMILES string of the molecule is CC1CCCC(C(N)c2cccc(F)c2Cl)C1. The van der Waals surface area contributed by atoms with Crippen LogP contribution in [0.3, 0.4) is 0 Å². The van der Waals surface area contributed by atoms with Crippen molar-refractivity contribution in [2.24, 2.45) is 17.6 Å². The van der Waals surface area contributed by atoms with Crippen LogP contribution < -0.4 is 5.73 Å². The number of nitrogens with two attached hydrogens (primary N) is 1. The van der Waals surface area contributed by atoms with Gasteiger partial charge in [-0.15, -0.1) is 0 Å².